The molecule has 1 aliphatic carbocycles. The molecule has 0 bridgehead atoms. The van der Waals surface area contributed by atoms with E-state index >= 15 is 0 Å². The molecule has 0 atom stereocenters. The van der Waals surface area contributed by atoms with E-state index in [2.05, 4.69) is 34.1 Å². The first kappa shape index (κ1) is 18.9. The second-order valence-corrected chi connectivity index (χ2v) is 9.36. The largest absolute Gasteiger partial charge is 0.357 e. The minimum absolute atomic E-state index is 0.00968. The van der Waals surface area contributed by atoms with Gasteiger partial charge in [-0.3, -0.25) is 19.4 Å². The quantitative estimate of drug-likeness (QED) is 0.617. The van der Waals surface area contributed by atoms with Crippen molar-refractivity contribution in [3.05, 3.63) is 35.5 Å². The molecule has 0 radical (unpaired) electrons. The highest BCUT2D eigenvalue weighted by atomic mass is 16.2. The van der Waals surface area contributed by atoms with Crippen molar-refractivity contribution >= 4 is 22.7 Å². The lowest BCUT2D eigenvalue weighted by Crippen LogP contribution is -2.47. The molecule has 2 aromatic rings. The molecule has 5 heteroatoms. The van der Waals surface area contributed by atoms with Gasteiger partial charge in [0.2, 0.25) is 11.8 Å². The highest BCUT2D eigenvalue weighted by Crippen LogP contribution is 2.46. The Balaban J connectivity index is 1.11. The highest BCUT2D eigenvalue weighted by Gasteiger charge is 2.44. The third-order valence-electron chi connectivity index (χ3n) is 7.39. The van der Waals surface area contributed by atoms with E-state index in [0.717, 1.165) is 51.7 Å². The van der Waals surface area contributed by atoms with E-state index in [1.165, 1.54) is 35.0 Å². The maximum atomic E-state index is 12.6. The van der Waals surface area contributed by atoms with Crippen LogP contribution in [0.15, 0.2) is 24.3 Å². The van der Waals surface area contributed by atoms with Crippen molar-refractivity contribution in [1.29, 1.82) is 0 Å². The fourth-order valence-corrected chi connectivity index (χ4v) is 5.81. The van der Waals surface area contributed by atoms with Crippen LogP contribution in [0, 0.1) is 5.41 Å². The summed E-state index contributed by atoms with van der Waals surface area (Å²) in [4.78, 5) is 32.8. The Morgan fingerprint density at radius 2 is 1.69 bits per heavy atom. The number of H-pyrrole nitrogens is 1. The number of hydrogen-bond acceptors (Lipinski definition) is 3. The summed E-state index contributed by atoms with van der Waals surface area (Å²) in [5.74, 6) is 0.146. The van der Waals surface area contributed by atoms with Gasteiger partial charge in [-0.25, -0.2) is 0 Å². The Bertz CT molecular complexity index is 905. The van der Waals surface area contributed by atoms with Crippen LogP contribution in [-0.4, -0.2) is 46.2 Å². The lowest BCUT2D eigenvalue weighted by atomic mass is 9.76. The number of unbranched alkanes of at least 4 members (excludes halogenated alkanes) is 1. The van der Waals surface area contributed by atoms with Gasteiger partial charge < -0.3 is 4.98 Å². The van der Waals surface area contributed by atoms with Crippen molar-refractivity contribution in [2.45, 2.75) is 64.3 Å². The number of rotatable bonds is 5. The van der Waals surface area contributed by atoms with Crippen molar-refractivity contribution in [2.24, 2.45) is 5.41 Å². The monoisotopic (exact) mass is 393 g/mol. The van der Waals surface area contributed by atoms with Crippen molar-refractivity contribution in [3.8, 4) is 0 Å². The van der Waals surface area contributed by atoms with Crippen molar-refractivity contribution in [2.75, 3.05) is 19.6 Å². The number of likely N-dealkylation sites (tertiary alicyclic amines) is 1. The Kier molecular flexibility index (Phi) is 4.94. The first-order valence-corrected chi connectivity index (χ1v) is 11.3. The summed E-state index contributed by atoms with van der Waals surface area (Å²) >= 11 is 0. The van der Waals surface area contributed by atoms with Gasteiger partial charge in [0.25, 0.3) is 0 Å². The third kappa shape index (κ3) is 3.61. The molecule has 5 rings (SSSR count). The number of piperidine rings is 1. The molecule has 29 heavy (non-hydrogen) atoms. The van der Waals surface area contributed by atoms with Crippen LogP contribution < -0.4 is 0 Å². The number of amides is 2. The summed E-state index contributed by atoms with van der Waals surface area (Å²) in [5, 5.41) is 1.37. The Morgan fingerprint density at radius 1 is 0.966 bits per heavy atom. The van der Waals surface area contributed by atoms with Crippen LogP contribution in [0.1, 0.15) is 62.6 Å². The molecule has 0 unspecified atom stereocenters. The number of carbonyl (C=O) groups is 2. The second-order valence-electron chi connectivity index (χ2n) is 9.36. The molecule has 3 aliphatic rings. The van der Waals surface area contributed by atoms with Crippen LogP contribution in [0.5, 0.6) is 0 Å². The highest BCUT2D eigenvalue weighted by molar-refractivity contribution is 5.98. The maximum absolute atomic E-state index is 12.6. The van der Waals surface area contributed by atoms with Gasteiger partial charge in [-0.15, -0.1) is 0 Å². The number of fused-ring (bicyclic) bond motifs is 3. The zero-order valence-corrected chi connectivity index (χ0v) is 17.2. The van der Waals surface area contributed by atoms with Gasteiger partial charge in [0.1, 0.15) is 0 Å². The van der Waals surface area contributed by atoms with E-state index in [4.69, 9.17) is 0 Å². The summed E-state index contributed by atoms with van der Waals surface area (Å²) in [6.07, 6.45) is 8.67. The number of para-hydroxylation sites is 1. The molecule has 2 amide bonds. The molecule has 2 aliphatic heterocycles. The van der Waals surface area contributed by atoms with Crippen LogP contribution in [0.2, 0.25) is 0 Å². The Hall–Kier alpha value is -2.14. The number of aromatic nitrogens is 1. The lowest BCUT2D eigenvalue weighted by Gasteiger charge is -2.37. The zero-order valence-electron chi connectivity index (χ0n) is 17.2. The van der Waals surface area contributed by atoms with E-state index in [1.807, 2.05) is 0 Å². The maximum Gasteiger partial charge on any atom is 0.229 e. The number of benzene rings is 1. The fourth-order valence-electron chi connectivity index (χ4n) is 5.81. The first-order valence-electron chi connectivity index (χ1n) is 11.3. The molecule has 1 N–H and O–H groups in total. The van der Waals surface area contributed by atoms with E-state index in [-0.39, 0.29) is 17.2 Å². The molecule has 1 saturated carbocycles. The van der Waals surface area contributed by atoms with Gasteiger partial charge in [-0.05, 0) is 55.7 Å². The number of nitrogens with one attached hydrogen (secondary N) is 1. The molecule has 5 nitrogen and oxygen atoms in total. The van der Waals surface area contributed by atoms with Gasteiger partial charge in [-0.2, -0.15) is 0 Å². The van der Waals surface area contributed by atoms with Gasteiger partial charge in [0.05, 0.1) is 0 Å². The third-order valence-corrected chi connectivity index (χ3v) is 7.39. The normalized spacial score (nSPS) is 22.0. The molecule has 2 fully saturated rings. The topological polar surface area (TPSA) is 56.4 Å². The molecule has 3 heterocycles. The molecular formula is C24H31N3O2. The Labute approximate surface area is 172 Å². The second kappa shape index (κ2) is 7.60. The summed E-state index contributed by atoms with van der Waals surface area (Å²) in [6.45, 7) is 3.67. The summed E-state index contributed by atoms with van der Waals surface area (Å²) in [5.41, 5.74) is 4.07. The van der Waals surface area contributed by atoms with E-state index in [9.17, 15) is 9.59 Å². The lowest BCUT2D eigenvalue weighted by molar-refractivity contribution is -0.153. The molecule has 154 valence electrons. The summed E-state index contributed by atoms with van der Waals surface area (Å²) < 4.78 is 0. The van der Waals surface area contributed by atoms with Crippen LogP contribution in [0.25, 0.3) is 10.9 Å². The van der Waals surface area contributed by atoms with Crippen LogP contribution >= 0.6 is 0 Å². The van der Waals surface area contributed by atoms with Crippen molar-refractivity contribution in [3.63, 3.8) is 0 Å². The SMILES string of the molecule is O=C1CC2(CCCC2)CC(=O)N1CCCCN1CCc2c([nH]c3ccccc23)C1. The van der Waals surface area contributed by atoms with Crippen molar-refractivity contribution in [1.82, 2.24) is 14.8 Å². The van der Waals surface area contributed by atoms with Gasteiger partial charge in [0.15, 0.2) is 0 Å². The standard InChI is InChI=1S/C24H31N3O2/c28-22-15-24(10-3-4-11-24)16-23(29)27(22)13-6-5-12-26-14-9-19-18-7-1-2-8-20(18)25-21(19)17-26/h1-2,7-8,25H,3-6,9-17H2. The molecule has 1 aromatic carbocycles. The number of hydrogen-bond donors (Lipinski definition) is 1. The van der Waals surface area contributed by atoms with Crippen molar-refractivity contribution < 1.29 is 9.59 Å². The molecule has 1 aromatic heterocycles. The van der Waals surface area contributed by atoms with Gasteiger partial charge in [-0.1, -0.05) is 31.0 Å². The summed E-state index contributed by atoms with van der Waals surface area (Å²) in [6, 6.07) is 8.56. The number of imide groups is 1. The predicted octanol–water partition coefficient (Wildman–Crippen LogP) is 4.02. The number of nitrogens with zero attached hydrogens (tertiary/aromatic N) is 2. The zero-order chi connectivity index (χ0) is 19.8. The fraction of sp³-hybridized carbons (Fsp3) is 0.583. The molecule has 1 saturated heterocycles. The number of carbonyl (C=O) groups excluding carboxylic acids is 2. The Morgan fingerprint density at radius 3 is 2.48 bits per heavy atom. The minimum Gasteiger partial charge on any atom is -0.357 e. The van der Waals surface area contributed by atoms with Gasteiger partial charge in [0, 0.05) is 49.1 Å². The minimum atomic E-state index is 0.00968. The van der Waals surface area contributed by atoms with Crippen LogP contribution in [0.3, 0.4) is 0 Å². The van der Waals surface area contributed by atoms with Gasteiger partial charge >= 0.3 is 0 Å². The molecule has 1 spiro atoms. The van der Waals surface area contributed by atoms with E-state index in [1.54, 1.807) is 4.90 Å². The first-order chi connectivity index (χ1) is 14.1. The molecular weight excluding hydrogens is 362 g/mol. The predicted molar refractivity (Wildman–Crippen MR) is 113 cm³/mol. The smallest absolute Gasteiger partial charge is 0.229 e. The number of aromatic amines is 1. The van der Waals surface area contributed by atoms with Crippen LogP contribution in [0.4, 0.5) is 0 Å². The van der Waals surface area contributed by atoms with E-state index < -0.39 is 0 Å². The average molecular weight is 394 g/mol. The average Bonchev–Trinajstić information content (AvgIpc) is 3.30. The van der Waals surface area contributed by atoms with Crippen LogP contribution in [-0.2, 0) is 22.6 Å². The van der Waals surface area contributed by atoms with E-state index in [0.29, 0.717) is 19.4 Å². The summed E-state index contributed by atoms with van der Waals surface area (Å²) in [7, 11) is 0.